The lowest BCUT2D eigenvalue weighted by molar-refractivity contribution is -0.274. The second-order valence-corrected chi connectivity index (χ2v) is 2.90. The van der Waals surface area contributed by atoms with Gasteiger partial charge in [-0.15, -0.1) is 13.2 Å². The smallest absolute Gasteiger partial charge is 0.406 e. The summed E-state index contributed by atoms with van der Waals surface area (Å²) in [6, 6.07) is 5.43. The average Bonchev–Trinajstić information content (AvgIpc) is 2.19. The molecule has 1 rings (SSSR count). The summed E-state index contributed by atoms with van der Waals surface area (Å²) in [6.07, 6.45) is -4.19. The van der Waals surface area contributed by atoms with Crippen molar-refractivity contribution < 1.29 is 17.9 Å². The summed E-state index contributed by atoms with van der Waals surface area (Å²) in [5, 5.41) is 3.32. The highest BCUT2D eigenvalue weighted by atomic mass is 19.4. The van der Waals surface area contributed by atoms with Crippen LogP contribution in [-0.4, -0.2) is 12.9 Å². The summed E-state index contributed by atoms with van der Waals surface area (Å²) < 4.78 is 39.1. The molecule has 0 N–H and O–H groups in total. The number of hydrogen-bond acceptors (Lipinski definition) is 2. The van der Waals surface area contributed by atoms with Crippen molar-refractivity contribution in [3.63, 3.8) is 0 Å². The SMILES string of the molecule is [N-]=[N+]=NCCc1ccc(OC(F)(F)F)cc1. The second-order valence-electron chi connectivity index (χ2n) is 2.90. The molecule has 0 spiro atoms. The van der Waals surface area contributed by atoms with Crippen LogP contribution < -0.4 is 4.74 Å². The molecule has 0 saturated carbocycles. The second kappa shape index (κ2) is 5.27. The summed E-state index contributed by atoms with van der Waals surface area (Å²) in [6.45, 7) is 0.274. The quantitative estimate of drug-likeness (QED) is 0.444. The van der Waals surface area contributed by atoms with Crippen molar-refractivity contribution in [3.8, 4) is 5.75 Å². The van der Waals surface area contributed by atoms with Gasteiger partial charge in [0.25, 0.3) is 0 Å². The molecular formula is C9H8F3N3O. The summed E-state index contributed by atoms with van der Waals surface area (Å²) in [5.74, 6) is -0.264. The van der Waals surface area contributed by atoms with E-state index in [1.165, 1.54) is 24.3 Å². The van der Waals surface area contributed by atoms with Gasteiger partial charge in [-0.3, -0.25) is 0 Å². The first-order chi connectivity index (χ1) is 7.51. The van der Waals surface area contributed by atoms with Gasteiger partial charge in [0.15, 0.2) is 0 Å². The van der Waals surface area contributed by atoms with Crippen LogP contribution in [0.15, 0.2) is 29.4 Å². The van der Waals surface area contributed by atoms with Gasteiger partial charge in [0, 0.05) is 11.5 Å². The number of ether oxygens (including phenoxy) is 1. The van der Waals surface area contributed by atoms with E-state index in [2.05, 4.69) is 14.8 Å². The van der Waals surface area contributed by atoms with E-state index in [0.29, 0.717) is 6.42 Å². The number of rotatable bonds is 4. The molecule has 1 aromatic rings. The number of hydrogen-bond donors (Lipinski definition) is 0. The van der Waals surface area contributed by atoms with Crippen LogP contribution >= 0.6 is 0 Å². The Bertz CT molecular complexity index is 382. The van der Waals surface area contributed by atoms with Crippen molar-refractivity contribution in [2.75, 3.05) is 6.54 Å². The maximum atomic E-state index is 11.8. The largest absolute Gasteiger partial charge is 0.573 e. The zero-order valence-electron chi connectivity index (χ0n) is 8.11. The predicted octanol–water partition coefficient (Wildman–Crippen LogP) is 3.44. The number of benzene rings is 1. The minimum atomic E-state index is -4.67. The van der Waals surface area contributed by atoms with Gasteiger partial charge in [-0.05, 0) is 29.6 Å². The van der Waals surface area contributed by atoms with E-state index < -0.39 is 6.36 Å². The molecule has 0 aliphatic rings. The van der Waals surface area contributed by atoms with Crippen molar-refractivity contribution in [3.05, 3.63) is 40.3 Å². The number of alkyl halides is 3. The van der Waals surface area contributed by atoms with Crippen molar-refractivity contribution in [2.45, 2.75) is 12.8 Å². The summed E-state index contributed by atoms with van der Waals surface area (Å²) in [5.41, 5.74) is 8.81. The van der Waals surface area contributed by atoms with Crippen LogP contribution in [-0.2, 0) is 6.42 Å². The van der Waals surface area contributed by atoms with Gasteiger partial charge in [-0.2, -0.15) is 0 Å². The summed E-state index contributed by atoms with van der Waals surface area (Å²) >= 11 is 0. The molecule has 7 heteroatoms. The fourth-order valence-corrected chi connectivity index (χ4v) is 1.08. The molecule has 4 nitrogen and oxygen atoms in total. The Balaban J connectivity index is 2.57. The van der Waals surface area contributed by atoms with Crippen molar-refractivity contribution in [1.82, 2.24) is 0 Å². The molecule has 0 aromatic heterocycles. The molecule has 0 heterocycles. The third kappa shape index (κ3) is 4.56. The number of nitrogens with zero attached hydrogens (tertiary/aromatic N) is 3. The Labute approximate surface area is 89.3 Å². The van der Waals surface area contributed by atoms with E-state index in [4.69, 9.17) is 5.53 Å². The zero-order valence-corrected chi connectivity index (χ0v) is 8.11. The Hall–Kier alpha value is -1.88. The van der Waals surface area contributed by atoms with Crippen molar-refractivity contribution in [1.29, 1.82) is 0 Å². The Morgan fingerprint density at radius 2 is 1.88 bits per heavy atom. The van der Waals surface area contributed by atoms with Crippen LogP contribution in [0.3, 0.4) is 0 Å². The topological polar surface area (TPSA) is 58.0 Å². The molecule has 0 atom stereocenters. The van der Waals surface area contributed by atoms with Crippen LogP contribution in [0.4, 0.5) is 13.2 Å². The lowest BCUT2D eigenvalue weighted by atomic mass is 10.1. The first kappa shape index (κ1) is 12.2. The lowest BCUT2D eigenvalue weighted by Gasteiger charge is -2.08. The van der Waals surface area contributed by atoms with Gasteiger partial charge >= 0.3 is 6.36 Å². The van der Waals surface area contributed by atoms with E-state index >= 15 is 0 Å². The first-order valence-electron chi connectivity index (χ1n) is 4.37. The minimum absolute atomic E-state index is 0.264. The average molecular weight is 231 g/mol. The van der Waals surface area contributed by atoms with Gasteiger partial charge in [-0.25, -0.2) is 0 Å². The van der Waals surface area contributed by atoms with Gasteiger partial charge in [0.1, 0.15) is 5.75 Å². The Morgan fingerprint density at radius 3 is 2.38 bits per heavy atom. The molecule has 0 bridgehead atoms. The third-order valence-electron chi connectivity index (χ3n) is 1.72. The van der Waals surface area contributed by atoms with E-state index in [1.54, 1.807) is 0 Å². The van der Waals surface area contributed by atoms with Crippen LogP contribution in [0.2, 0.25) is 0 Å². The fraction of sp³-hybridized carbons (Fsp3) is 0.333. The molecule has 0 radical (unpaired) electrons. The lowest BCUT2D eigenvalue weighted by Crippen LogP contribution is -2.17. The normalized spacial score (nSPS) is 10.7. The van der Waals surface area contributed by atoms with Crippen LogP contribution in [0.5, 0.6) is 5.75 Å². The summed E-state index contributed by atoms with van der Waals surface area (Å²) in [4.78, 5) is 2.57. The minimum Gasteiger partial charge on any atom is -0.406 e. The Kier molecular flexibility index (Phi) is 4.02. The van der Waals surface area contributed by atoms with E-state index in [9.17, 15) is 13.2 Å². The molecule has 1 aromatic carbocycles. The molecule has 16 heavy (non-hydrogen) atoms. The standard InChI is InChI=1S/C9H8F3N3O/c10-9(11,12)16-8-3-1-7(2-4-8)5-6-14-15-13/h1-4H,5-6H2. The Morgan fingerprint density at radius 1 is 1.25 bits per heavy atom. The molecule has 0 amide bonds. The molecule has 0 aliphatic heterocycles. The zero-order chi connectivity index (χ0) is 12.0. The number of halogens is 3. The van der Waals surface area contributed by atoms with Crippen LogP contribution in [0.25, 0.3) is 10.4 Å². The van der Waals surface area contributed by atoms with E-state index in [-0.39, 0.29) is 12.3 Å². The molecule has 86 valence electrons. The van der Waals surface area contributed by atoms with Gasteiger partial charge in [0.05, 0.1) is 0 Å². The highest BCUT2D eigenvalue weighted by Gasteiger charge is 2.30. The number of azide groups is 1. The van der Waals surface area contributed by atoms with Crippen LogP contribution in [0, 0.1) is 0 Å². The maximum absolute atomic E-state index is 11.8. The van der Waals surface area contributed by atoms with Crippen molar-refractivity contribution >= 4 is 0 Å². The van der Waals surface area contributed by atoms with E-state index in [1.807, 2.05) is 0 Å². The van der Waals surface area contributed by atoms with Crippen molar-refractivity contribution in [2.24, 2.45) is 5.11 Å². The molecule has 0 unspecified atom stereocenters. The highest BCUT2D eigenvalue weighted by molar-refractivity contribution is 5.27. The maximum Gasteiger partial charge on any atom is 0.573 e. The van der Waals surface area contributed by atoms with E-state index in [0.717, 1.165) is 5.56 Å². The summed E-state index contributed by atoms with van der Waals surface area (Å²) in [7, 11) is 0. The molecular weight excluding hydrogens is 223 g/mol. The van der Waals surface area contributed by atoms with Gasteiger partial charge < -0.3 is 4.74 Å². The fourth-order valence-electron chi connectivity index (χ4n) is 1.08. The highest BCUT2D eigenvalue weighted by Crippen LogP contribution is 2.22. The van der Waals surface area contributed by atoms with Gasteiger partial charge in [0.2, 0.25) is 0 Å². The van der Waals surface area contributed by atoms with Gasteiger partial charge in [-0.1, -0.05) is 17.2 Å². The molecule has 0 saturated heterocycles. The predicted molar refractivity (Wildman–Crippen MR) is 50.8 cm³/mol. The molecule has 0 aliphatic carbocycles. The molecule has 0 fully saturated rings. The van der Waals surface area contributed by atoms with Crippen LogP contribution in [0.1, 0.15) is 5.56 Å². The monoisotopic (exact) mass is 231 g/mol. The third-order valence-corrected chi connectivity index (χ3v) is 1.72. The first-order valence-corrected chi connectivity index (χ1v) is 4.37.